The lowest BCUT2D eigenvalue weighted by Gasteiger charge is -2.57. The lowest BCUT2D eigenvalue weighted by Crippen LogP contribution is -2.71. The summed E-state index contributed by atoms with van der Waals surface area (Å²) in [7, 11) is 0. The normalized spacial score (nSPS) is 34.0. The minimum atomic E-state index is -0.262. The molecule has 2 heterocycles. The second-order valence-electron chi connectivity index (χ2n) is 6.36. The van der Waals surface area contributed by atoms with E-state index >= 15 is 0 Å². The summed E-state index contributed by atoms with van der Waals surface area (Å²) in [4.78, 5) is 29.2. The molecule has 0 aromatic carbocycles. The molecule has 1 aliphatic carbocycles. The van der Waals surface area contributed by atoms with Gasteiger partial charge in [0.2, 0.25) is 11.8 Å². The Morgan fingerprint density at radius 2 is 1.89 bits per heavy atom. The Morgan fingerprint density at radius 3 is 2.47 bits per heavy atom. The molecule has 4 heteroatoms. The van der Waals surface area contributed by atoms with E-state index in [0.717, 1.165) is 45.1 Å². The largest absolute Gasteiger partial charge is 0.329 e. The Labute approximate surface area is 115 Å². The zero-order chi connectivity index (χ0) is 13.6. The van der Waals surface area contributed by atoms with E-state index in [9.17, 15) is 9.59 Å². The van der Waals surface area contributed by atoms with Gasteiger partial charge in [-0.05, 0) is 51.9 Å². The average Bonchev–Trinajstić information content (AvgIpc) is 2.39. The Balaban J connectivity index is 1.92. The second-order valence-corrected chi connectivity index (χ2v) is 6.36. The van der Waals surface area contributed by atoms with Crippen LogP contribution in [0.5, 0.6) is 0 Å². The number of hydrogen-bond donors (Lipinski definition) is 0. The molecule has 0 N–H and O–H groups in total. The molecule has 0 aromatic rings. The van der Waals surface area contributed by atoms with Crippen LogP contribution in [0.3, 0.4) is 0 Å². The van der Waals surface area contributed by atoms with Crippen molar-refractivity contribution in [2.75, 3.05) is 6.54 Å². The fourth-order valence-corrected chi connectivity index (χ4v) is 4.15. The number of amides is 2. The molecule has 106 valence electrons. The van der Waals surface area contributed by atoms with Crippen molar-refractivity contribution in [3.05, 3.63) is 0 Å². The van der Waals surface area contributed by atoms with Crippen molar-refractivity contribution in [3.8, 4) is 0 Å². The van der Waals surface area contributed by atoms with E-state index in [2.05, 4.69) is 6.92 Å². The molecule has 2 amide bonds. The van der Waals surface area contributed by atoms with E-state index in [1.807, 2.05) is 16.7 Å². The highest BCUT2D eigenvalue weighted by Crippen LogP contribution is 2.44. The molecule has 2 aliphatic heterocycles. The van der Waals surface area contributed by atoms with Crippen LogP contribution in [0.15, 0.2) is 0 Å². The van der Waals surface area contributed by atoms with Crippen molar-refractivity contribution in [2.45, 2.75) is 76.4 Å². The van der Waals surface area contributed by atoms with E-state index in [4.69, 9.17) is 0 Å². The first-order valence-electron chi connectivity index (χ1n) is 7.74. The van der Waals surface area contributed by atoms with Gasteiger partial charge in [-0.25, -0.2) is 0 Å². The smallest absolute Gasteiger partial charge is 0.246 e. The highest BCUT2D eigenvalue weighted by molar-refractivity contribution is 5.97. The maximum atomic E-state index is 12.8. The van der Waals surface area contributed by atoms with Crippen LogP contribution in [-0.2, 0) is 9.59 Å². The molecule has 0 bridgehead atoms. The predicted octanol–water partition coefficient (Wildman–Crippen LogP) is 1.93. The number of rotatable bonds is 2. The van der Waals surface area contributed by atoms with Gasteiger partial charge in [-0.2, -0.15) is 0 Å². The molecule has 3 fully saturated rings. The minimum absolute atomic E-state index is 0.0182. The maximum absolute atomic E-state index is 12.8. The van der Waals surface area contributed by atoms with Gasteiger partial charge in [0, 0.05) is 12.1 Å². The molecule has 0 aromatic heterocycles. The number of carbonyl (C=O) groups is 2. The molecular weight excluding hydrogens is 240 g/mol. The third-order valence-electron chi connectivity index (χ3n) is 5.51. The van der Waals surface area contributed by atoms with Gasteiger partial charge in [0.15, 0.2) is 0 Å². The average molecular weight is 264 g/mol. The van der Waals surface area contributed by atoms with E-state index < -0.39 is 0 Å². The first-order valence-corrected chi connectivity index (χ1v) is 7.74. The summed E-state index contributed by atoms with van der Waals surface area (Å²) in [5.74, 6) is 0.386. The van der Waals surface area contributed by atoms with Crippen LogP contribution < -0.4 is 0 Å². The van der Waals surface area contributed by atoms with E-state index in [0.29, 0.717) is 0 Å². The molecule has 3 rings (SSSR count). The number of fused-ring (bicyclic) bond motifs is 1. The maximum Gasteiger partial charge on any atom is 0.246 e. The third kappa shape index (κ3) is 1.72. The molecular formula is C15H24N2O2. The van der Waals surface area contributed by atoms with Crippen LogP contribution in [0.1, 0.15) is 58.8 Å². The number of piperazine rings is 1. The van der Waals surface area contributed by atoms with Gasteiger partial charge in [-0.15, -0.1) is 0 Å². The molecule has 2 atom stereocenters. The fraction of sp³-hybridized carbons (Fsp3) is 0.867. The van der Waals surface area contributed by atoms with E-state index in [-0.39, 0.29) is 29.4 Å². The topological polar surface area (TPSA) is 40.6 Å². The summed E-state index contributed by atoms with van der Waals surface area (Å²) in [6.07, 6.45) is 7.27. The highest BCUT2D eigenvalue weighted by atomic mass is 16.2. The van der Waals surface area contributed by atoms with Crippen LogP contribution in [0.25, 0.3) is 0 Å². The SMILES string of the molecule is CCC1(N2C(=O)C3CCCCN3C(=O)C2C)CCC1. The third-order valence-corrected chi connectivity index (χ3v) is 5.51. The van der Waals surface area contributed by atoms with Gasteiger partial charge in [0.05, 0.1) is 0 Å². The first-order chi connectivity index (χ1) is 9.10. The number of piperidine rings is 1. The van der Waals surface area contributed by atoms with Crippen LogP contribution in [0.2, 0.25) is 0 Å². The Bertz CT molecular complexity index is 397. The molecule has 2 saturated heterocycles. The monoisotopic (exact) mass is 264 g/mol. The number of nitrogens with zero attached hydrogens (tertiary/aromatic N) is 2. The molecule has 4 nitrogen and oxygen atoms in total. The molecule has 1 saturated carbocycles. The van der Waals surface area contributed by atoms with E-state index in [1.165, 1.54) is 6.42 Å². The lowest BCUT2D eigenvalue weighted by molar-refractivity contribution is -0.175. The van der Waals surface area contributed by atoms with Crippen LogP contribution in [0.4, 0.5) is 0 Å². The molecule has 2 unspecified atom stereocenters. The molecule has 19 heavy (non-hydrogen) atoms. The van der Waals surface area contributed by atoms with Crippen LogP contribution in [-0.4, -0.2) is 45.8 Å². The van der Waals surface area contributed by atoms with Crippen LogP contribution >= 0.6 is 0 Å². The minimum Gasteiger partial charge on any atom is -0.329 e. The highest BCUT2D eigenvalue weighted by Gasteiger charge is 2.53. The van der Waals surface area contributed by atoms with Gasteiger partial charge in [-0.1, -0.05) is 6.92 Å². The van der Waals surface area contributed by atoms with Crippen molar-refractivity contribution in [3.63, 3.8) is 0 Å². The zero-order valence-electron chi connectivity index (χ0n) is 12.0. The molecule has 0 radical (unpaired) electrons. The molecule has 0 spiro atoms. The predicted molar refractivity (Wildman–Crippen MR) is 72.5 cm³/mol. The Kier molecular flexibility index (Phi) is 3.06. The van der Waals surface area contributed by atoms with Gasteiger partial charge in [0.1, 0.15) is 12.1 Å². The summed E-state index contributed by atoms with van der Waals surface area (Å²) < 4.78 is 0. The first kappa shape index (κ1) is 12.9. The quantitative estimate of drug-likeness (QED) is 0.764. The standard InChI is InChI=1S/C15H24N2O2/c1-3-15(8-6-9-15)17-11(2)13(18)16-10-5-4-7-12(16)14(17)19/h11-12H,3-10H2,1-2H3. The van der Waals surface area contributed by atoms with Gasteiger partial charge in [0.25, 0.3) is 0 Å². The zero-order valence-corrected chi connectivity index (χ0v) is 12.0. The van der Waals surface area contributed by atoms with Gasteiger partial charge in [-0.3, -0.25) is 9.59 Å². The van der Waals surface area contributed by atoms with Crippen molar-refractivity contribution in [1.29, 1.82) is 0 Å². The second kappa shape index (κ2) is 4.50. The fourth-order valence-electron chi connectivity index (χ4n) is 4.15. The van der Waals surface area contributed by atoms with Crippen molar-refractivity contribution < 1.29 is 9.59 Å². The summed E-state index contributed by atoms with van der Waals surface area (Å²) in [5, 5.41) is 0. The Hall–Kier alpha value is -1.06. The summed E-state index contributed by atoms with van der Waals surface area (Å²) in [6.45, 7) is 4.84. The summed E-state index contributed by atoms with van der Waals surface area (Å²) in [5.41, 5.74) is -0.0182. The van der Waals surface area contributed by atoms with Crippen molar-refractivity contribution in [1.82, 2.24) is 9.80 Å². The Morgan fingerprint density at radius 1 is 1.16 bits per heavy atom. The van der Waals surface area contributed by atoms with Gasteiger partial charge < -0.3 is 9.80 Å². The van der Waals surface area contributed by atoms with Gasteiger partial charge >= 0.3 is 0 Å². The van der Waals surface area contributed by atoms with Crippen LogP contribution in [0, 0.1) is 0 Å². The van der Waals surface area contributed by atoms with Crippen molar-refractivity contribution >= 4 is 11.8 Å². The van der Waals surface area contributed by atoms with Crippen molar-refractivity contribution in [2.24, 2.45) is 0 Å². The summed E-state index contributed by atoms with van der Waals surface area (Å²) >= 11 is 0. The number of carbonyl (C=O) groups excluding carboxylic acids is 2. The van der Waals surface area contributed by atoms with E-state index in [1.54, 1.807) is 0 Å². The molecule has 3 aliphatic rings. The lowest BCUT2D eigenvalue weighted by atomic mass is 9.71. The summed E-state index contributed by atoms with van der Waals surface area (Å²) in [6, 6.07) is -0.427. The number of hydrogen-bond acceptors (Lipinski definition) is 2.